The van der Waals surface area contributed by atoms with E-state index in [1.54, 1.807) is 6.08 Å². The van der Waals surface area contributed by atoms with Crippen LogP contribution in [-0.4, -0.2) is 68.5 Å². The highest BCUT2D eigenvalue weighted by atomic mass is 31.2. The Morgan fingerprint density at radius 1 is 0.387 bits per heavy atom. The first-order valence-electron chi connectivity index (χ1n) is 39.0. The second-order valence-electron chi connectivity index (χ2n) is 27.3. The summed E-state index contributed by atoms with van der Waals surface area (Å²) in [5.74, 6) is -0.203. The minimum absolute atomic E-state index is 0.00677. The van der Waals surface area contributed by atoms with E-state index in [1.165, 1.54) is 212 Å². The third-order valence-corrected chi connectivity index (χ3v) is 18.1. The fraction of sp³-hybridized carbons (Fsp3) is 0.726. The lowest BCUT2D eigenvalue weighted by Crippen LogP contribution is -2.45. The topological polar surface area (TPSA) is 108 Å². The van der Waals surface area contributed by atoms with Gasteiger partial charge in [-0.15, -0.1) is 0 Å². The minimum atomic E-state index is -4.62. The van der Waals surface area contributed by atoms with E-state index in [0.29, 0.717) is 17.4 Å². The van der Waals surface area contributed by atoms with E-state index >= 15 is 0 Å². The number of carbonyl (C=O) groups excluding carboxylic acids is 1. The third kappa shape index (κ3) is 75.9. The molecule has 0 aliphatic heterocycles. The molecule has 93 heavy (non-hydrogen) atoms. The van der Waals surface area contributed by atoms with Crippen LogP contribution < -0.4 is 10.2 Å². The molecule has 0 aliphatic carbocycles. The van der Waals surface area contributed by atoms with Crippen LogP contribution in [0, 0.1) is 0 Å². The van der Waals surface area contributed by atoms with E-state index in [0.717, 1.165) is 109 Å². The van der Waals surface area contributed by atoms with Crippen LogP contribution in [0.4, 0.5) is 0 Å². The molecule has 0 saturated heterocycles. The fourth-order valence-corrected chi connectivity index (χ4v) is 11.8. The van der Waals surface area contributed by atoms with Gasteiger partial charge in [0.25, 0.3) is 7.82 Å². The summed E-state index contributed by atoms with van der Waals surface area (Å²) in [4.78, 5) is 25.7. The highest BCUT2D eigenvalue weighted by Crippen LogP contribution is 2.38. The van der Waals surface area contributed by atoms with E-state index in [9.17, 15) is 19.4 Å². The Morgan fingerprint density at radius 2 is 0.656 bits per heavy atom. The lowest BCUT2D eigenvalue weighted by atomic mass is 10.0. The lowest BCUT2D eigenvalue weighted by molar-refractivity contribution is -0.870. The smallest absolute Gasteiger partial charge is 0.268 e. The average Bonchev–Trinajstić information content (AvgIpc) is 2.75. The number of nitrogens with zero attached hydrogens (tertiary/aromatic N) is 1. The largest absolute Gasteiger partial charge is 0.756 e. The Morgan fingerprint density at radius 3 is 0.957 bits per heavy atom. The van der Waals surface area contributed by atoms with Gasteiger partial charge < -0.3 is 28.8 Å². The molecule has 9 heteroatoms. The third-order valence-electron chi connectivity index (χ3n) is 17.1. The van der Waals surface area contributed by atoms with E-state index < -0.39 is 20.0 Å². The monoisotopic (exact) mass is 1310 g/mol. The zero-order valence-electron chi connectivity index (χ0n) is 61.4. The van der Waals surface area contributed by atoms with Gasteiger partial charge in [-0.3, -0.25) is 9.36 Å². The van der Waals surface area contributed by atoms with Crippen molar-refractivity contribution in [2.45, 2.75) is 353 Å². The van der Waals surface area contributed by atoms with Gasteiger partial charge in [0.2, 0.25) is 5.91 Å². The number of phosphoric ester groups is 1. The number of quaternary nitrogens is 1. The Labute approximate surface area is 576 Å². The summed E-state index contributed by atoms with van der Waals surface area (Å²) < 4.78 is 23.5. The molecule has 0 bridgehead atoms. The number of aliphatic hydroxyl groups excluding tert-OH is 1. The predicted octanol–water partition coefficient (Wildman–Crippen LogP) is 25.1. The predicted molar refractivity (Wildman–Crippen MR) is 408 cm³/mol. The molecule has 0 aromatic carbocycles. The zero-order chi connectivity index (χ0) is 67.6. The molecule has 0 aromatic heterocycles. The molecule has 0 heterocycles. The van der Waals surface area contributed by atoms with Gasteiger partial charge >= 0.3 is 0 Å². The van der Waals surface area contributed by atoms with Crippen LogP contribution in [0.2, 0.25) is 0 Å². The molecular weight excluding hydrogens is 1160 g/mol. The molecule has 8 nitrogen and oxygen atoms in total. The van der Waals surface area contributed by atoms with Crippen molar-refractivity contribution in [3.05, 3.63) is 134 Å². The first-order valence-corrected chi connectivity index (χ1v) is 40.5. The van der Waals surface area contributed by atoms with Crippen molar-refractivity contribution in [2.75, 3.05) is 40.9 Å². The maximum atomic E-state index is 13.1. The summed E-state index contributed by atoms with van der Waals surface area (Å²) in [6.07, 6.45) is 110. The lowest BCUT2D eigenvalue weighted by Gasteiger charge is -2.29. The number of nitrogens with one attached hydrogen (secondary N) is 1. The number of phosphoric acid groups is 1. The minimum Gasteiger partial charge on any atom is -0.756 e. The summed E-state index contributed by atoms with van der Waals surface area (Å²) >= 11 is 0. The van der Waals surface area contributed by atoms with Crippen molar-refractivity contribution >= 4 is 13.7 Å². The molecule has 0 fully saturated rings. The van der Waals surface area contributed by atoms with Crippen LogP contribution in [-0.2, 0) is 18.4 Å². The van der Waals surface area contributed by atoms with Crippen LogP contribution in [0.5, 0.6) is 0 Å². The summed E-state index contributed by atoms with van der Waals surface area (Å²) in [7, 11) is 1.25. The second-order valence-corrected chi connectivity index (χ2v) is 28.7. The van der Waals surface area contributed by atoms with Gasteiger partial charge in [0.05, 0.1) is 39.9 Å². The van der Waals surface area contributed by atoms with Crippen molar-refractivity contribution in [2.24, 2.45) is 0 Å². The van der Waals surface area contributed by atoms with Crippen molar-refractivity contribution in [3.63, 3.8) is 0 Å². The van der Waals surface area contributed by atoms with Crippen LogP contribution in [0.1, 0.15) is 341 Å². The molecule has 0 aromatic rings. The molecule has 0 aliphatic rings. The first-order chi connectivity index (χ1) is 45.5. The van der Waals surface area contributed by atoms with E-state index in [-0.39, 0.29) is 19.1 Å². The average molecular weight is 1310 g/mol. The van der Waals surface area contributed by atoms with Crippen LogP contribution in [0.3, 0.4) is 0 Å². The van der Waals surface area contributed by atoms with Gasteiger partial charge in [0.1, 0.15) is 13.2 Å². The van der Waals surface area contributed by atoms with Gasteiger partial charge in [-0.05, 0) is 96.3 Å². The number of aliphatic hydroxyl groups is 1. The Hall–Kier alpha value is -3.36. The Balaban J connectivity index is 4.08. The number of unbranched alkanes of at least 4 members (excludes halogenated alkanes) is 38. The van der Waals surface area contributed by atoms with Crippen LogP contribution >= 0.6 is 7.82 Å². The van der Waals surface area contributed by atoms with Crippen molar-refractivity contribution in [1.82, 2.24) is 5.32 Å². The molecule has 2 N–H and O–H groups in total. The summed E-state index contributed by atoms with van der Waals surface area (Å²) in [6.45, 7) is 4.56. The molecule has 0 saturated carbocycles. The highest BCUT2D eigenvalue weighted by molar-refractivity contribution is 7.45. The first kappa shape index (κ1) is 89.6. The molecule has 536 valence electrons. The zero-order valence-corrected chi connectivity index (χ0v) is 62.3. The Bertz CT molecular complexity index is 1990. The summed E-state index contributed by atoms with van der Waals surface area (Å²) in [5.41, 5.74) is 0. The van der Waals surface area contributed by atoms with E-state index in [1.807, 2.05) is 27.2 Å². The second kappa shape index (κ2) is 72.9. The van der Waals surface area contributed by atoms with Gasteiger partial charge in [-0.2, -0.15) is 0 Å². The number of allylic oxidation sites excluding steroid dienone is 21. The SMILES string of the molecule is CC/C=C\C/C=C\C/C=C\C/C=C\C/C=C\C/C=C\C/C=C\C/C=C\C/C=C\C/C=C\CCCCCCCCCCCCC(=O)NC(COP(=O)([O-])OCC[N+](C)(C)C)C(O)/C=C/CCCCCCCCCCCCCCCCCCCCCCCCCCCCCC. The molecule has 3 atom stereocenters. The number of carbonyl (C=O) groups is 1. The number of hydrogen-bond donors (Lipinski definition) is 2. The number of hydrogen-bond acceptors (Lipinski definition) is 6. The van der Waals surface area contributed by atoms with Crippen molar-refractivity contribution < 1.29 is 32.9 Å². The molecule has 3 unspecified atom stereocenters. The Kier molecular flexibility index (Phi) is 70.3. The number of amides is 1. The number of likely N-dealkylation sites (N-methyl/N-ethyl adjacent to an activating group) is 1. The normalized spacial score (nSPS) is 14.3. The van der Waals surface area contributed by atoms with Crippen molar-refractivity contribution in [1.29, 1.82) is 0 Å². The number of rotatable bonds is 71. The molecule has 0 rings (SSSR count). The van der Waals surface area contributed by atoms with Gasteiger partial charge in [0, 0.05) is 6.42 Å². The molecule has 0 radical (unpaired) electrons. The molecular formula is C84H149N2O6P. The maximum Gasteiger partial charge on any atom is 0.268 e. The highest BCUT2D eigenvalue weighted by Gasteiger charge is 2.23. The summed E-state index contributed by atoms with van der Waals surface area (Å²) in [5, 5.41) is 14.0. The van der Waals surface area contributed by atoms with Crippen LogP contribution in [0.15, 0.2) is 134 Å². The van der Waals surface area contributed by atoms with E-state index in [2.05, 4.69) is 141 Å². The van der Waals surface area contributed by atoms with Gasteiger partial charge in [0.15, 0.2) is 0 Å². The standard InChI is InChI=1S/C84H149N2O6P/c1-6-8-10-12-14-16-18-20-22-24-26-28-30-32-34-36-38-39-40-41-42-43-44-45-46-47-48-50-52-54-56-58-60-62-64-66-68-70-72-74-76-78-84(88)85-82(81-92-93(89,90)91-80-79-86(3,4)5)83(87)77-75-73-71-69-67-65-63-61-59-57-55-53-51-49-37-35-33-31-29-27-25-23-21-19-17-15-13-11-9-7-2/h8,10,14,16,20,22,26,28,32,34,38-39,41-42,44-45,47-48,52,54,75,77,82-83,87H,6-7,9,11-13,15,17-19,21,23-25,27,29-31,33,35-37,40,43,46,49-51,53,55-74,76,78-81H2,1-5H3,(H-,85,88,89,90)/b10-8-,16-14-,22-20-,28-26-,34-32-,39-38-,42-41-,45-44-,48-47-,54-52-,77-75+. The quantitative estimate of drug-likeness (QED) is 0.0272. The van der Waals surface area contributed by atoms with Gasteiger partial charge in [-0.25, -0.2) is 0 Å². The van der Waals surface area contributed by atoms with Crippen molar-refractivity contribution in [3.8, 4) is 0 Å². The fourth-order valence-electron chi connectivity index (χ4n) is 11.1. The molecule has 1 amide bonds. The maximum absolute atomic E-state index is 13.1. The molecule has 0 spiro atoms. The van der Waals surface area contributed by atoms with Gasteiger partial charge in [-0.1, -0.05) is 372 Å². The summed E-state index contributed by atoms with van der Waals surface area (Å²) in [6, 6.07) is -0.900. The van der Waals surface area contributed by atoms with E-state index in [4.69, 9.17) is 9.05 Å². The van der Waals surface area contributed by atoms with Crippen LogP contribution in [0.25, 0.3) is 0 Å².